The fourth-order valence-electron chi connectivity index (χ4n) is 5.78. The van der Waals surface area contributed by atoms with Crippen molar-refractivity contribution in [2.75, 3.05) is 13.7 Å². The van der Waals surface area contributed by atoms with Crippen molar-refractivity contribution in [2.24, 2.45) is 17.8 Å². The molecule has 4 aliphatic rings. The fourth-order valence-corrected chi connectivity index (χ4v) is 6.38. The van der Waals surface area contributed by atoms with Crippen LogP contribution >= 0.6 is 15.9 Å². The van der Waals surface area contributed by atoms with Gasteiger partial charge in [-0.05, 0) is 96.8 Å². The molecule has 1 aromatic rings. The average molecular weight is 394 g/mol. The van der Waals surface area contributed by atoms with Crippen LogP contribution < -0.4 is 14.8 Å². The van der Waals surface area contributed by atoms with E-state index >= 15 is 0 Å². The Balaban J connectivity index is 1.49. The third-order valence-corrected chi connectivity index (χ3v) is 6.87. The number of methoxy groups -OCH3 is 1. The summed E-state index contributed by atoms with van der Waals surface area (Å²) >= 11 is 3.64. The standard InChI is InChI=1S/C20H28BrNO2/c1-3-24-19-17(21)7-16(8-18(19)23-2)12-22-20-9-13-4-14(10-20)6-15(5-13)11-20/h7-8,13-15,22H,3-6,9-12H2,1-2H3. The van der Waals surface area contributed by atoms with Gasteiger partial charge in [-0.3, -0.25) is 0 Å². The van der Waals surface area contributed by atoms with Gasteiger partial charge in [-0.15, -0.1) is 0 Å². The van der Waals surface area contributed by atoms with E-state index in [9.17, 15) is 0 Å². The first kappa shape index (κ1) is 16.7. The Morgan fingerprint density at radius 1 is 1.12 bits per heavy atom. The molecule has 0 atom stereocenters. The van der Waals surface area contributed by atoms with Gasteiger partial charge in [-0.2, -0.15) is 0 Å². The summed E-state index contributed by atoms with van der Waals surface area (Å²) in [6, 6.07) is 4.28. The van der Waals surface area contributed by atoms with E-state index < -0.39 is 0 Å². The second-order valence-corrected chi connectivity index (χ2v) is 8.95. The first-order valence-electron chi connectivity index (χ1n) is 9.35. The minimum Gasteiger partial charge on any atom is -0.493 e. The van der Waals surface area contributed by atoms with E-state index in [1.807, 2.05) is 6.92 Å². The number of benzene rings is 1. The van der Waals surface area contributed by atoms with E-state index in [0.717, 1.165) is 40.3 Å². The van der Waals surface area contributed by atoms with Gasteiger partial charge in [0.05, 0.1) is 18.2 Å². The summed E-state index contributed by atoms with van der Waals surface area (Å²) in [6.45, 7) is 3.54. The molecule has 1 aromatic carbocycles. The first-order chi connectivity index (χ1) is 11.6. The van der Waals surface area contributed by atoms with Gasteiger partial charge in [0.25, 0.3) is 0 Å². The van der Waals surface area contributed by atoms with Crippen molar-refractivity contribution < 1.29 is 9.47 Å². The molecule has 4 bridgehead atoms. The molecule has 0 heterocycles. The molecule has 3 nitrogen and oxygen atoms in total. The molecule has 4 aliphatic carbocycles. The molecule has 0 radical (unpaired) electrons. The molecule has 0 spiro atoms. The van der Waals surface area contributed by atoms with Crippen LogP contribution in [0, 0.1) is 17.8 Å². The molecule has 5 rings (SSSR count). The van der Waals surface area contributed by atoms with Crippen LogP contribution in [0.3, 0.4) is 0 Å². The highest BCUT2D eigenvalue weighted by Gasteiger charge is 2.50. The molecular formula is C20H28BrNO2. The van der Waals surface area contributed by atoms with Crippen molar-refractivity contribution >= 4 is 15.9 Å². The summed E-state index contributed by atoms with van der Waals surface area (Å²) in [5.74, 6) is 4.55. The smallest absolute Gasteiger partial charge is 0.175 e. The van der Waals surface area contributed by atoms with E-state index in [-0.39, 0.29) is 0 Å². The molecule has 4 fully saturated rings. The van der Waals surface area contributed by atoms with Crippen LogP contribution in [0.15, 0.2) is 16.6 Å². The highest BCUT2D eigenvalue weighted by Crippen LogP contribution is 2.55. The lowest BCUT2D eigenvalue weighted by atomic mass is 9.53. The molecule has 0 aromatic heterocycles. The molecule has 0 amide bonds. The molecule has 4 heteroatoms. The van der Waals surface area contributed by atoms with Gasteiger partial charge in [-0.25, -0.2) is 0 Å². The largest absolute Gasteiger partial charge is 0.493 e. The normalized spacial score (nSPS) is 33.7. The number of hydrogen-bond donors (Lipinski definition) is 1. The molecule has 132 valence electrons. The third-order valence-electron chi connectivity index (χ3n) is 6.28. The van der Waals surface area contributed by atoms with Crippen LogP contribution in [0.4, 0.5) is 0 Å². The quantitative estimate of drug-likeness (QED) is 0.743. The minimum absolute atomic E-state index is 0.396. The first-order valence-corrected chi connectivity index (χ1v) is 10.1. The summed E-state index contributed by atoms with van der Waals surface area (Å²) < 4.78 is 12.2. The second-order valence-electron chi connectivity index (χ2n) is 8.09. The molecule has 1 N–H and O–H groups in total. The Kier molecular flexibility index (Phi) is 4.55. The average Bonchev–Trinajstić information content (AvgIpc) is 2.54. The zero-order chi connectivity index (χ0) is 16.7. The maximum atomic E-state index is 5.70. The topological polar surface area (TPSA) is 30.5 Å². The van der Waals surface area contributed by atoms with Gasteiger partial charge >= 0.3 is 0 Å². The van der Waals surface area contributed by atoms with E-state index in [4.69, 9.17) is 9.47 Å². The Morgan fingerprint density at radius 2 is 1.75 bits per heavy atom. The van der Waals surface area contributed by atoms with Crippen molar-refractivity contribution in [3.63, 3.8) is 0 Å². The Hall–Kier alpha value is -0.740. The van der Waals surface area contributed by atoms with E-state index in [2.05, 4.69) is 33.4 Å². The fraction of sp³-hybridized carbons (Fsp3) is 0.700. The van der Waals surface area contributed by atoms with E-state index in [1.165, 1.54) is 44.1 Å². The number of nitrogens with one attached hydrogen (secondary N) is 1. The lowest BCUT2D eigenvalue weighted by Gasteiger charge is -2.57. The van der Waals surface area contributed by atoms with Gasteiger partial charge in [0, 0.05) is 12.1 Å². The highest BCUT2D eigenvalue weighted by molar-refractivity contribution is 9.10. The predicted molar refractivity (Wildman–Crippen MR) is 99.6 cm³/mol. The third kappa shape index (κ3) is 3.08. The Morgan fingerprint density at radius 3 is 2.29 bits per heavy atom. The Bertz CT molecular complexity index is 581. The van der Waals surface area contributed by atoms with Crippen LogP contribution in [-0.2, 0) is 6.54 Å². The lowest BCUT2D eigenvalue weighted by molar-refractivity contribution is -0.0206. The van der Waals surface area contributed by atoms with Gasteiger partial charge in [-0.1, -0.05) is 0 Å². The predicted octanol–water partition coefficient (Wildman–Crippen LogP) is 4.91. The minimum atomic E-state index is 0.396. The van der Waals surface area contributed by atoms with Gasteiger partial charge < -0.3 is 14.8 Å². The molecule has 0 unspecified atom stereocenters. The SMILES string of the molecule is CCOc1c(Br)cc(CNC23CC4CC(CC(C4)C2)C3)cc1OC. The zero-order valence-corrected chi connectivity index (χ0v) is 16.3. The monoisotopic (exact) mass is 393 g/mol. The Labute approximate surface area is 153 Å². The van der Waals surface area contributed by atoms with Crippen LogP contribution in [0.2, 0.25) is 0 Å². The summed E-state index contributed by atoms with van der Waals surface area (Å²) in [5.41, 5.74) is 1.66. The number of rotatable bonds is 6. The van der Waals surface area contributed by atoms with Gasteiger partial charge in [0.2, 0.25) is 0 Å². The van der Waals surface area contributed by atoms with Crippen LogP contribution in [0.1, 0.15) is 51.0 Å². The molecule has 24 heavy (non-hydrogen) atoms. The van der Waals surface area contributed by atoms with Crippen LogP contribution in [0.5, 0.6) is 11.5 Å². The summed E-state index contributed by atoms with van der Waals surface area (Å²) in [7, 11) is 1.71. The summed E-state index contributed by atoms with van der Waals surface area (Å²) in [6.07, 6.45) is 8.62. The highest BCUT2D eigenvalue weighted by atomic mass is 79.9. The lowest BCUT2D eigenvalue weighted by Crippen LogP contribution is -2.58. The van der Waals surface area contributed by atoms with Crippen molar-refractivity contribution in [3.05, 3.63) is 22.2 Å². The number of ether oxygens (including phenoxy) is 2. The van der Waals surface area contributed by atoms with Crippen molar-refractivity contribution in [1.29, 1.82) is 0 Å². The molecule has 0 aliphatic heterocycles. The summed E-state index contributed by atoms with van der Waals surface area (Å²) in [5, 5.41) is 3.96. The molecule has 4 saturated carbocycles. The molecule has 0 saturated heterocycles. The number of halogens is 1. The van der Waals surface area contributed by atoms with Crippen molar-refractivity contribution in [2.45, 2.75) is 57.5 Å². The second kappa shape index (κ2) is 6.53. The van der Waals surface area contributed by atoms with Crippen LogP contribution in [0.25, 0.3) is 0 Å². The van der Waals surface area contributed by atoms with Crippen LogP contribution in [-0.4, -0.2) is 19.3 Å². The number of hydrogen-bond acceptors (Lipinski definition) is 3. The molecular weight excluding hydrogens is 366 g/mol. The van der Waals surface area contributed by atoms with Crippen molar-refractivity contribution in [3.8, 4) is 11.5 Å². The van der Waals surface area contributed by atoms with Gasteiger partial charge in [0.1, 0.15) is 0 Å². The maximum absolute atomic E-state index is 5.70. The van der Waals surface area contributed by atoms with Gasteiger partial charge in [0.15, 0.2) is 11.5 Å². The van der Waals surface area contributed by atoms with E-state index in [0.29, 0.717) is 12.1 Å². The summed E-state index contributed by atoms with van der Waals surface area (Å²) in [4.78, 5) is 0. The zero-order valence-electron chi connectivity index (χ0n) is 14.7. The van der Waals surface area contributed by atoms with Crippen molar-refractivity contribution in [1.82, 2.24) is 5.32 Å². The van der Waals surface area contributed by atoms with E-state index in [1.54, 1.807) is 7.11 Å². The maximum Gasteiger partial charge on any atom is 0.175 e.